The Bertz CT molecular complexity index is 457. The van der Waals surface area contributed by atoms with Crippen LogP contribution in [-0.2, 0) is 14.3 Å². The minimum absolute atomic E-state index is 0.00331. The minimum Gasteiger partial charge on any atom is -0.458 e. The molecule has 2 saturated heterocycles. The zero-order valence-corrected chi connectivity index (χ0v) is 11.1. The summed E-state index contributed by atoms with van der Waals surface area (Å²) in [7, 11) is 0. The van der Waals surface area contributed by atoms with E-state index in [1.54, 1.807) is 0 Å². The maximum atomic E-state index is 11.7. The second kappa shape index (κ2) is 3.01. The third kappa shape index (κ3) is 1.00. The average molecular weight is 248 g/mol. The molecule has 2 aliphatic heterocycles. The lowest BCUT2D eigenvalue weighted by molar-refractivity contribution is -0.142. The summed E-state index contributed by atoms with van der Waals surface area (Å²) in [5, 5.41) is 0. The van der Waals surface area contributed by atoms with E-state index in [1.807, 2.05) is 0 Å². The van der Waals surface area contributed by atoms with E-state index >= 15 is 0 Å². The predicted molar refractivity (Wildman–Crippen MR) is 65.9 cm³/mol. The Kier molecular flexibility index (Phi) is 1.84. The first-order valence-electron chi connectivity index (χ1n) is 7.07. The molecule has 3 heteroatoms. The lowest BCUT2D eigenvalue weighted by atomic mass is 9.54. The predicted octanol–water partition coefficient (Wildman–Crippen LogP) is 2.45. The van der Waals surface area contributed by atoms with E-state index in [4.69, 9.17) is 9.47 Å². The van der Waals surface area contributed by atoms with Crippen molar-refractivity contribution in [1.29, 1.82) is 0 Å². The van der Waals surface area contributed by atoms with Crippen molar-refractivity contribution in [3.8, 4) is 0 Å². The topological polar surface area (TPSA) is 38.8 Å². The standard InChI is InChI=1S/C15H20O3/c1-8-5-4-6-14(3)7-10-11(9(2)13(16)17-10)12-15(8,14)18-12/h8,10-12H,2,4-7H2,1,3H3/t8-,10+,11+,12-,14+,15-/m0/s1. The fourth-order valence-corrected chi connectivity index (χ4v) is 5.10. The number of hydrogen-bond donors (Lipinski definition) is 0. The van der Waals surface area contributed by atoms with E-state index in [1.165, 1.54) is 19.3 Å². The molecule has 0 amide bonds. The third-order valence-corrected chi connectivity index (χ3v) is 6.03. The molecule has 18 heavy (non-hydrogen) atoms. The van der Waals surface area contributed by atoms with Crippen molar-refractivity contribution in [2.45, 2.75) is 57.3 Å². The molecule has 1 spiro atoms. The van der Waals surface area contributed by atoms with Gasteiger partial charge in [-0.3, -0.25) is 0 Å². The van der Waals surface area contributed by atoms with Crippen LogP contribution in [0.25, 0.3) is 0 Å². The van der Waals surface area contributed by atoms with Crippen LogP contribution in [-0.4, -0.2) is 23.8 Å². The molecule has 0 radical (unpaired) electrons. The van der Waals surface area contributed by atoms with Crippen molar-refractivity contribution >= 4 is 5.97 Å². The van der Waals surface area contributed by atoms with Crippen molar-refractivity contribution in [3.63, 3.8) is 0 Å². The van der Waals surface area contributed by atoms with E-state index in [0.29, 0.717) is 11.5 Å². The highest BCUT2D eigenvalue weighted by Crippen LogP contribution is 2.70. The van der Waals surface area contributed by atoms with Gasteiger partial charge in [-0.2, -0.15) is 0 Å². The summed E-state index contributed by atoms with van der Waals surface area (Å²) in [6.07, 6.45) is 4.84. The zero-order valence-electron chi connectivity index (χ0n) is 11.1. The Morgan fingerprint density at radius 1 is 1.44 bits per heavy atom. The molecule has 0 aromatic carbocycles. The fourth-order valence-electron chi connectivity index (χ4n) is 5.10. The molecule has 0 N–H and O–H groups in total. The molecule has 4 rings (SSSR count). The number of hydrogen-bond acceptors (Lipinski definition) is 3. The van der Waals surface area contributed by atoms with Gasteiger partial charge < -0.3 is 9.47 Å². The van der Waals surface area contributed by atoms with E-state index < -0.39 is 0 Å². The lowest BCUT2D eigenvalue weighted by Crippen LogP contribution is -2.53. The third-order valence-electron chi connectivity index (χ3n) is 6.03. The Morgan fingerprint density at radius 3 is 3.00 bits per heavy atom. The number of ether oxygens (including phenoxy) is 2. The molecule has 0 bridgehead atoms. The van der Waals surface area contributed by atoms with Gasteiger partial charge in [-0.25, -0.2) is 4.79 Å². The number of carbonyl (C=O) groups excluding carboxylic acids is 1. The molecule has 4 aliphatic rings. The molecule has 0 unspecified atom stereocenters. The molecule has 3 nitrogen and oxygen atoms in total. The SMILES string of the molecule is C=C1C(=O)O[C@@H]2C[C@@]3(C)CCC[C@H](C)[C@@]34O[C@H]4[C@H]12. The van der Waals surface area contributed by atoms with E-state index in [9.17, 15) is 4.79 Å². The molecule has 2 saturated carbocycles. The first kappa shape index (κ1) is 11.0. The van der Waals surface area contributed by atoms with Crippen LogP contribution < -0.4 is 0 Å². The molecule has 2 heterocycles. The number of epoxide rings is 1. The van der Waals surface area contributed by atoms with Gasteiger partial charge in [0.15, 0.2) is 0 Å². The second-order valence-electron chi connectivity index (χ2n) is 6.88. The normalized spacial score (nSPS) is 57.4. The van der Waals surface area contributed by atoms with Crippen LogP contribution in [0, 0.1) is 17.3 Å². The molecular formula is C15H20O3. The molecule has 0 aromatic heterocycles. The molecular weight excluding hydrogens is 228 g/mol. The average Bonchev–Trinajstić information content (AvgIpc) is 2.98. The van der Waals surface area contributed by atoms with Gasteiger partial charge in [0, 0.05) is 11.0 Å². The summed E-state index contributed by atoms with van der Waals surface area (Å²) in [4.78, 5) is 11.7. The molecule has 4 fully saturated rings. The van der Waals surface area contributed by atoms with Gasteiger partial charge in [0.25, 0.3) is 0 Å². The summed E-state index contributed by atoms with van der Waals surface area (Å²) < 4.78 is 11.7. The van der Waals surface area contributed by atoms with Gasteiger partial charge in [0.05, 0.1) is 12.0 Å². The van der Waals surface area contributed by atoms with Crippen LogP contribution in [0.3, 0.4) is 0 Å². The van der Waals surface area contributed by atoms with Crippen LogP contribution in [0.4, 0.5) is 0 Å². The number of esters is 1. The van der Waals surface area contributed by atoms with Crippen molar-refractivity contribution in [2.75, 3.05) is 0 Å². The highest BCUT2D eigenvalue weighted by Gasteiger charge is 2.77. The number of fused-ring (bicyclic) bond motifs is 2. The lowest BCUT2D eigenvalue weighted by Gasteiger charge is -2.48. The van der Waals surface area contributed by atoms with Gasteiger partial charge >= 0.3 is 5.97 Å². The zero-order chi connectivity index (χ0) is 12.7. The van der Waals surface area contributed by atoms with Crippen molar-refractivity contribution in [1.82, 2.24) is 0 Å². The van der Waals surface area contributed by atoms with Gasteiger partial charge in [-0.15, -0.1) is 0 Å². The first-order valence-corrected chi connectivity index (χ1v) is 7.07. The maximum absolute atomic E-state index is 11.7. The second-order valence-corrected chi connectivity index (χ2v) is 6.88. The summed E-state index contributed by atoms with van der Waals surface area (Å²) in [5.74, 6) is 0.502. The van der Waals surface area contributed by atoms with Gasteiger partial charge in [-0.05, 0) is 25.2 Å². The van der Waals surface area contributed by atoms with Crippen molar-refractivity contribution in [3.05, 3.63) is 12.2 Å². The fraction of sp³-hybridized carbons (Fsp3) is 0.800. The number of rotatable bonds is 0. The smallest absolute Gasteiger partial charge is 0.334 e. The molecule has 6 atom stereocenters. The van der Waals surface area contributed by atoms with Crippen LogP contribution in [0.2, 0.25) is 0 Å². The monoisotopic (exact) mass is 248 g/mol. The Hall–Kier alpha value is -0.830. The summed E-state index contributed by atoms with van der Waals surface area (Å²) in [6, 6.07) is 0. The molecule has 98 valence electrons. The summed E-state index contributed by atoms with van der Waals surface area (Å²) in [6.45, 7) is 8.56. The Labute approximate surface area is 108 Å². The van der Waals surface area contributed by atoms with Crippen LogP contribution in [0.5, 0.6) is 0 Å². The highest BCUT2D eigenvalue weighted by molar-refractivity contribution is 5.91. The maximum Gasteiger partial charge on any atom is 0.334 e. The number of carbonyl (C=O) groups is 1. The van der Waals surface area contributed by atoms with E-state index in [-0.39, 0.29) is 35.1 Å². The van der Waals surface area contributed by atoms with Crippen molar-refractivity contribution < 1.29 is 14.3 Å². The molecule has 2 aliphatic carbocycles. The van der Waals surface area contributed by atoms with Crippen LogP contribution in [0.15, 0.2) is 12.2 Å². The summed E-state index contributed by atoms with van der Waals surface area (Å²) >= 11 is 0. The van der Waals surface area contributed by atoms with Gasteiger partial charge in [0.1, 0.15) is 11.7 Å². The van der Waals surface area contributed by atoms with E-state index in [0.717, 1.165) is 6.42 Å². The minimum atomic E-state index is -0.203. The Balaban J connectivity index is 1.77. The quantitative estimate of drug-likeness (QED) is 0.375. The first-order chi connectivity index (χ1) is 8.49. The van der Waals surface area contributed by atoms with Crippen LogP contribution >= 0.6 is 0 Å². The Morgan fingerprint density at radius 2 is 2.22 bits per heavy atom. The summed E-state index contributed by atoms with van der Waals surface area (Å²) in [5.41, 5.74) is 0.826. The van der Waals surface area contributed by atoms with Gasteiger partial charge in [-0.1, -0.05) is 26.8 Å². The molecule has 0 aromatic rings. The largest absolute Gasteiger partial charge is 0.458 e. The van der Waals surface area contributed by atoms with Crippen LogP contribution in [0.1, 0.15) is 39.5 Å². The highest BCUT2D eigenvalue weighted by atomic mass is 16.6. The van der Waals surface area contributed by atoms with E-state index in [2.05, 4.69) is 20.4 Å². The van der Waals surface area contributed by atoms with Crippen molar-refractivity contribution in [2.24, 2.45) is 17.3 Å². The van der Waals surface area contributed by atoms with Gasteiger partial charge in [0.2, 0.25) is 0 Å².